The van der Waals surface area contributed by atoms with Gasteiger partial charge in [0.05, 0.1) is 17.3 Å². The molecule has 7 heteroatoms. The van der Waals surface area contributed by atoms with E-state index in [9.17, 15) is 9.59 Å². The number of ether oxygens (including phenoxy) is 1. The lowest BCUT2D eigenvalue weighted by Gasteiger charge is -2.22. The number of rotatable bonds is 2. The van der Waals surface area contributed by atoms with Crippen molar-refractivity contribution in [2.75, 3.05) is 27.2 Å². The molecule has 0 fully saturated rings. The second-order valence-corrected chi connectivity index (χ2v) is 9.94. The topological polar surface area (TPSA) is 68.5 Å². The Kier molecular flexibility index (Phi) is 5.74. The molecule has 6 rings (SSSR count). The number of benzene rings is 2. The molecular formula is C29H30N4O3. The van der Waals surface area contributed by atoms with Crippen molar-refractivity contribution in [1.29, 1.82) is 0 Å². The van der Waals surface area contributed by atoms with Crippen molar-refractivity contribution in [3.05, 3.63) is 72.1 Å². The molecule has 36 heavy (non-hydrogen) atoms. The summed E-state index contributed by atoms with van der Waals surface area (Å²) in [5.41, 5.74) is 4.58. The summed E-state index contributed by atoms with van der Waals surface area (Å²) in [5, 5.41) is 4.52. The number of likely N-dealkylation sites (N-methyl/N-ethyl adjacent to an activating group) is 1. The lowest BCUT2D eigenvalue weighted by Crippen LogP contribution is -2.30. The van der Waals surface area contributed by atoms with E-state index < -0.39 is 0 Å². The van der Waals surface area contributed by atoms with Gasteiger partial charge in [0, 0.05) is 71.6 Å². The van der Waals surface area contributed by atoms with Crippen molar-refractivity contribution < 1.29 is 14.3 Å². The van der Waals surface area contributed by atoms with E-state index in [1.807, 2.05) is 48.8 Å². The van der Waals surface area contributed by atoms with Crippen molar-refractivity contribution in [2.24, 2.45) is 0 Å². The maximum absolute atomic E-state index is 13.3. The van der Waals surface area contributed by atoms with Crippen LogP contribution in [0.5, 0.6) is 0 Å². The normalized spacial score (nSPS) is 19.0. The molecule has 0 radical (unpaired) electrons. The van der Waals surface area contributed by atoms with E-state index in [0.717, 1.165) is 65.4 Å². The Morgan fingerprint density at radius 1 is 0.861 bits per heavy atom. The van der Waals surface area contributed by atoms with Crippen LogP contribution < -0.4 is 5.32 Å². The van der Waals surface area contributed by atoms with Gasteiger partial charge in [0.25, 0.3) is 11.8 Å². The van der Waals surface area contributed by atoms with Gasteiger partial charge in [-0.1, -0.05) is 36.4 Å². The molecule has 1 N–H and O–H groups in total. The third kappa shape index (κ3) is 3.85. The molecule has 2 aromatic heterocycles. The Balaban J connectivity index is 1.59. The van der Waals surface area contributed by atoms with Crippen LogP contribution >= 0.6 is 0 Å². The average Bonchev–Trinajstić information content (AvgIpc) is 3.50. The summed E-state index contributed by atoms with van der Waals surface area (Å²) in [6.45, 7) is 3.03. The Bertz CT molecular complexity index is 1520. The standard InChI is InChI=1S/C29H30N4O3/c1-31(2)16-19-12-14-33-18-23(21-9-4-6-11-25(21)33)27-26(28(34)30-29(27)35)22-17-32(13-7-15-36-19)24-10-5-3-8-20(22)24/h3-6,8-11,17-19H,7,12-16H2,1-2H3,(H,30,34,35). The third-order valence-corrected chi connectivity index (χ3v) is 7.20. The van der Waals surface area contributed by atoms with Crippen LogP contribution in [0.3, 0.4) is 0 Å². The summed E-state index contributed by atoms with van der Waals surface area (Å²) in [7, 11) is 4.14. The highest BCUT2D eigenvalue weighted by atomic mass is 16.5. The Morgan fingerprint density at radius 3 is 2.00 bits per heavy atom. The van der Waals surface area contributed by atoms with E-state index in [-0.39, 0.29) is 17.9 Å². The minimum Gasteiger partial charge on any atom is -0.377 e. The Morgan fingerprint density at radius 2 is 1.42 bits per heavy atom. The molecule has 7 nitrogen and oxygen atoms in total. The summed E-state index contributed by atoms with van der Waals surface area (Å²) < 4.78 is 10.7. The zero-order chi connectivity index (χ0) is 24.8. The Labute approximate surface area is 209 Å². The molecular weight excluding hydrogens is 452 g/mol. The summed E-state index contributed by atoms with van der Waals surface area (Å²) in [6, 6.07) is 16.2. The van der Waals surface area contributed by atoms with Gasteiger partial charge in [-0.15, -0.1) is 0 Å². The highest BCUT2D eigenvalue weighted by molar-refractivity contribution is 6.50. The fraction of sp³-hybridized carbons (Fsp3) is 0.310. The number of carbonyl (C=O) groups is 2. The van der Waals surface area contributed by atoms with Gasteiger partial charge >= 0.3 is 0 Å². The molecule has 2 aliphatic heterocycles. The highest BCUT2D eigenvalue weighted by Crippen LogP contribution is 2.39. The van der Waals surface area contributed by atoms with Gasteiger partial charge < -0.3 is 18.8 Å². The fourth-order valence-electron chi connectivity index (χ4n) is 5.63. The number of imide groups is 1. The number of nitrogens with one attached hydrogen (secondary N) is 1. The minimum absolute atomic E-state index is 0.0952. The molecule has 0 saturated carbocycles. The smallest absolute Gasteiger partial charge is 0.259 e. The van der Waals surface area contributed by atoms with Crippen LogP contribution in [0.4, 0.5) is 0 Å². The average molecular weight is 483 g/mol. The molecule has 1 atom stereocenters. The van der Waals surface area contributed by atoms with Gasteiger partial charge in [-0.2, -0.15) is 0 Å². The van der Waals surface area contributed by atoms with Gasteiger partial charge in [-0.3, -0.25) is 14.9 Å². The van der Waals surface area contributed by atoms with Crippen LogP contribution in [0, 0.1) is 0 Å². The molecule has 2 amide bonds. The van der Waals surface area contributed by atoms with Crippen molar-refractivity contribution in [3.63, 3.8) is 0 Å². The second kappa shape index (κ2) is 9.08. The number of aromatic nitrogens is 2. The van der Waals surface area contributed by atoms with Crippen LogP contribution in [0.2, 0.25) is 0 Å². The molecule has 4 bridgehead atoms. The molecule has 4 heterocycles. The first kappa shape index (κ1) is 22.8. The van der Waals surface area contributed by atoms with Crippen molar-refractivity contribution in [1.82, 2.24) is 19.4 Å². The molecule has 1 unspecified atom stereocenters. The zero-order valence-electron chi connectivity index (χ0n) is 20.7. The van der Waals surface area contributed by atoms with Crippen LogP contribution in [0.25, 0.3) is 33.0 Å². The largest absolute Gasteiger partial charge is 0.377 e. The van der Waals surface area contributed by atoms with E-state index in [2.05, 4.69) is 45.6 Å². The molecule has 0 saturated heterocycles. The highest BCUT2D eigenvalue weighted by Gasteiger charge is 2.35. The first-order valence-electron chi connectivity index (χ1n) is 12.5. The zero-order valence-corrected chi connectivity index (χ0v) is 20.7. The molecule has 4 aromatic rings. The van der Waals surface area contributed by atoms with Gasteiger partial charge in [0.15, 0.2) is 0 Å². The Hall–Kier alpha value is -3.68. The molecule has 0 aliphatic carbocycles. The summed E-state index contributed by atoms with van der Waals surface area (Å²) in [4.78, 5) is 28.6. The van der Waals surface area contributed by atoms with Crippen LogP contribution in [0.15, 0.2) is 60.9 Å². The number of hydrogen-bond donors (Lipinski definition) is 1. The predicted molar refractivity (Wildman–Crippen MR) is 141 cm³/mol. The van der Waals surface area contributed by atoms with E-state index >= 15 is 0 Å². The molecule has 184 valence electrons. The maximum atomic E-state index is 13.3. The second-order valence-electron chi connectivity index (χ2n) is 9.94. The number of hydrogen-bond acceptors (Lipinski definition) is 4. The van der Waals surface area contributed by atoms with Gasteiger partial charge in [-0.25, -0.2) is 0 Å². The van der Waals surface area contributed by atoms with Gasteiger partial charge in [-0.05, 0) is 39.1 Å². The lowest BCUT2D eigenvalue weighted by atomic mass is 9.95. The number of amides is 2. The molecule has 2 aliphatic rings. The number of nitrogens with zero attached hydrogens (tertiary/aromatic N) is 3. The third-order valence-electron chi connectivity index (χ3n) is 7.20. The van der Waals surface area contributed by atoms with Crippen molar-refractivity contribution in [3.8, 4) is 0 Å². The van der Waals surface area contributed by atoms with E-state index in [1.54, 1.807) is 0 Å². The number of aryl methyl sites for hydroxylation is 2. The SMILES string of the molecule is CN(C)CC1CCn2cc(c3ccccc32)C2=C(C(=O)NC2=O)c2cn(c3ccccc23)CCCO1. The van der Waals surface area contributed by atoms with Gasteiger partial charge in [0.1, 0.15) is 0 Å². The number of fused-ring (bicyclic) bond motifs is 12. The van der Waals surface area contributed by atoms with E-state index in [1.165, 1.54) is 0 Å². The summed E-state index contributed by atoms with van der Waals surface area (Å²) >= 11 is 0. The summed E-state index contributed by atoms with van der Waals surface area (Å²) in [6.07, 6.45) is 5.86. The first-order valence-corrected chi connectivity index (χ1v) is 12.5. The van der Waals surface area contributed by atoms with E-state index in [4.69, 9.17) is 4.74 Å². The van der Waals surface area contributed by atoms with Gasteiger partial charge in [0.2, 0.25) is 0 Å². The van der Waals surface area contributed by atoms with Crippen molar-refractivity contribution >= 4 is 44.8 Å². The fourth-order valence-corrected chi connectivity index (χ4v) is 5.63. The maximum Gasteiger partial charge on any atom is 0.259 e. The molecule has 2 aromatic carbocycles. The lowest BCUT2D eigenvalue weighted by molar-refractivity contribution is -0.122. The predicted octanol–water partition coefficient (Wildman–Crippen LogP) is 3.90. The number of carbonyl (C=O) groups excluding carboxylic acids is 2. The first-order chi connectivity index (χ1) is 17.5. The van der Waals surface area contributed by atoms with Crippen LogP contribution in [-0.2, 0) is 27.4 Å². The van der Waals surface area contributed by atoms with Crippen LogP contribution in [0.1, 0.15) is 24.0 Å². The number of para-hydroxylation sites is 2. The van der Waals surface area contributed by atoms with Crippen molar-refractivity contribution in [2.45, 2.75) is 32.0 Å². The minimum atomic E-state index is -0.340. The van der Waals surface area contributed by atoms with E-state index in [0.29, 0.717) is 17.8 Å². The monoisotopic (exact) mass is 482 g/mol. The summed E-state index contributed by atoms with van der Waals surface area (Å²) in [5.74, 6) is -0.679. The quantitative estimate of drug-likeness (QED) is 0.440. The molecule has 0 spiro atoms. The van der Waals surface area contributed by atoms with Crippen LogP contribution in [-0.4, -0.2) is 59.2 Å².